The van der Waals surface area contributed by atoms with E-state index in [9.17, 15) is 35.9 Å². The predicted molar refractivity (Wildman–Crippen MR) is 43.3 cm³/mol. The predicted octanol–water partition coefficient (Wildman–Crippen LogP) is 1.32. The Hall–Kier alpha value is -1.48. The number of aliphatic carboxylic acids is 1. The minimum absolute atomic E-state index is 0.846. The van der Waals surface area contributed by atoms with Crippen molar-refractivity contribution in [3.05, 3.63) is 0 Å². The second-order valence-corrected chi connectivity index (χ2v) is 3.83. The molecular weight excluding hydrogens is 272 g/mol. The van der Waals surface area contributed by atoms with Gasteiger partial charge in [0, 0.05) is 0 Å². The van der Waals surface area contributed by atoms with Gasteiger partial charge in [-0.15, -0.1) is 0 Å². The van der Waals surface area contributed by atoms with E-state index in [0.29, 0.717) is 0 Å². The number of rotatable bonds is 2. The van der Waals surface area contributed by atoms with Crippen LogP contribution in [-0.2, 0) is 9.59 Å². The molecule has 0 aromatic carbocycles. The molecule has 0 bridgehead atoms. The van der Waals surface area contributed by atoms with Gasteiger partial charge < -0.3 is 10.4 Å². The van der Waals surface area contributed by atoms with E-state index in [4.69, 9.17) is 5.11 Å². The fourth-order valence-electron chi connectivity index (χ4n) is 1.68. The highest BCUT2D eigenvalue weighted by atomic mass is 19.4. The summed E-state index contributed by atoms with van der Waals surface area (Å²) in [7, 11) is 0. The summed E-state index contributed by atoms with van der Waals surface area (Å²) in [6.07, 6.45) is -11.0. The normalized spacial score (nSPS) is 28.4. The summed E-state index contributed by atoms with van der Waals surface area (Å²) in [5, 5.41) is 9.58. The van der Waals surface area contributed by atoms with Crippen molar-refractivity contribution < 1.29 is 41.0 Å². The number of hydrogen-bond acceptors (Lipinski definition) is 2. The Morgan fingerprint density at radius 2 is 1.61 bits per heavy atom. The SMILES string of the molecule is O=C(O)[C@@H]1C[C@H](C(F)(F)F)[C@H]1NC(=O)C(F)(F)F. The number of carbonyl (C=O) groups is 2. The lowest BCUT2D eigenvalue weighted by molar-refractivity contribution is -0.222. The molecule has 104 valence electrons. The van der Waals surface area contributed by atoms with Gasteiger partial charge in [-0.3, -0.25) is 9.59 Å². The van der Waals surface area contributed by atoms with Gasteiger partial charge in [-0.05, 0) is 6.42 Å². The van der Waals surface area contributed by atoms with Gasteiger partial charge in [0.2, 0.25) is 0 Å². The number of halogens is 6. The van der Waals surface area contributed by atoms with Gasteiger partial charge >= 0.3 is 24.2 Å². The molecule has 1 aliphatic carbocycles. The molecule has 3 atom stereocenters. The molecule has 1 amide bonds. The summed E-state index contributed by atoms with van der Waals surface area (Å²) in [4.78, 5) is 21.0. The lowest BCUT2D eigenvalue weighted by Gasteiger charge is -2.43. The van der Waals surface area contributed by atoms with Crippen molar-refractivity contribution in [3.8, 4) is 0 Å². The third kappa shape index (κ3) is 2.85. The zero-order chi connectivity index (χ0) is 14.3. The monoisotopic (exact) mass is 279 g/mol. The Labute approximate surface area is 95.9 Å². The van der Waals surface area contributed by atoms with E-state index in [0.717, 1.165) is 5.32 Å². The summed E-state index contributed by atoms with van der Waals surface area (Å²) in [6, 6.07) is -2.09. The smallest absolute Gasteiger partial charge is 0.471 e. The van der Waals surface area contributed by atoms with Crippen LogP contribution in [0.15, 0.2) is 0 Å². The molecule has 0 spiro atoms. The largest absolute Gasteiger partial charge is 0.481 e. The first-order chi connectivity index (χ1) is 7.94. The highest BCUT2D eigenvalue weighted by Gasteiger charge is 2.59. The van der Waals surface area contributed by atoms with E-state index in [1.54, 1.807) is 0 Å². The zero-order valence-electron chi connectivity index (χ0n) is 8.47. The van der Waals surface area contributed by atoms with Gasteiger partial charge in [0.1, 0.15) is 0 Å². The molecule has 1 fully saturated rings. The van der Waals surface area contributed by atoms with Crippen LogP contribution in [0.5, 0.6) is 0 Å². The Morgan fingerprint density at radius 3 is 1.94 bits per heavy atom. The number of amides is 1. The summed E-state index contributed by atoms with van der Waals surface area (Å²) in [5.41, 5.74) is 0. The summed E-state index contributed by atoms with van der Waals surface area (Å²) in [5.74, 6) is -8.19. The van der Waals surface area contributed by atoms with Crippen molar-refractivity contribution >= 4 is 11.9 Å². The number of carbonyl (C=O) groups excluding carboxylic acids is 1. The van der Waals surface area contributed by atoms with Gasteiger partial charge in [0.15, 0.2) is 0 Å². The number of alkyl halides is 6. The van der Waals surface area contributed by atoms with Gasteiger partial charge in [-0.2, -0.15) is 26.3 Å². The third-order valence-corrected chi connectivity index (χ3v) is 2.67. The highest BCUT2D eigenvalue weighted by molar-refractivity contribution is 5.83. The topological polar surface area (TPSA) is 66.4 Å². The van der Waals surface area contributed by atoms with E-state index >= 15 is 0 Å². The molecule has 0 unspecified atom stereocenters. The average Bonchev–Trinajstić information content (AvgIpc) is 2.06. The zero-order valence-corrected chi connectivity index (χ0v) is 8.47. The molecule has 4 nitrogen and oxygen atoms in total. The molecule has 1 rings (SSSR count). The van der Waals surface area contributed by atoms with Crippen molar-refractivity contribution in [2.75, 3.05) is 0 Å². The van der Waals surface area contributed by atoms with Gasteiger partial charge in [0.05, 0.1) is 17.9 Å². The van der Waals surface area contributed by atoms with Crippen LogP contribution in [0.3, 0.4) is 0 Å². The van der Waals surface area contributed by atoms with Crippen molar-refractivity contribution in [3.63, 3.8) is 0 Å². The van der Waals surface area contributed by atoms with Crippen LogP contribution in [0, 0.1) is 11.8 Å². The first-order valence-corrected chi connectivity index (χ1v) is 4.61. The lowest BCUT2D eigenvalue weighted by Crippen LogP contribution is -2.62. The molecule has 18 heavy (non-hydrogen) atoms. The van der Waals surface area contributed by atoms with Crippen molar-refractivity contribution in [1.82, 2.24) is 5.32 Å². The second kappa shape index (κ2) is 4.32. The second-order valence-electron chi connectivity index (χ2n) is 3.83. The maximum absolute atomic E-state index is 12.3. The number of hydrogen-bond donors (Lipinski definition) is 2. The third-order valence-electron chi connectivity index (χ3n) is 2.67. The van der Waals surface area contributed by atoms with E-state index in [1.165, 1.54) is 0 Å². The van der Waals surface area contributed by atoms with Gasteiger partial charge in [-0.25, -0.2) is 0 Å². The Kier molecular flexibility index (Phi) is 3.50. The number of carboxylic acid groups (broad SMARTS) is 1. The lowest BCUT2D eigenvalue weighted by atomic mass is 9.69. The van der Waals surface area contributed by atoms with Crippen molar-refractivity contribution in [2.45, 2.75) is 24.8 Å². The van der Waals surface area contributed by atoms with Crippen LogP contribution in [0.1, 0.15) is 6.42 Å². The number of nitrogens with one attached hydrogen (secondary N) is 1. The summed E-state index contributed by atoms with van der Waals surface area (Å²) < 4.78 is 72.6. The quantitative estimate of drug-likeness (QED) is 0.749. The molecular formula is C8H7F6NO3. The molecule has 1 aliphatic rings. The van der Waals surface area contributed by atoms with Crippen LogP contribution in [0.25, 0.3) is 0 Å². The maximum Gasteiger partial charge on any atom is 0.471 e. The van der Waals surface area contributed by atoms with Crippen LogP contribution >= 0.6 is 0 Å². The molecule has 1 saturated carbocycles. The molecule has 0 aliphatic heterocycles. The van der Waals surface area contributed by atoms with E-state index < -0.39 is 48.5 Å². The Balaban J connectivity index is 2.80. The Morgan fingerprint density at radius 1 is 1.11 bits per heavy atom. The highest BCUT2D eigenvalue weighted by Crippen LogP contribution is 2.45. The van der Waals surface area contributed by atoms with E-state index in [1.807, 2.05) is 0 Å². The molecule has 10 heteroatoms. The van der Waals surface area contributed by atoms with Crippen molar-refractivity contribution in [1.29, 1.82) is 0 Å². The van der Waals surface area contributed by atoms with Gasteiger partial charge in [0.25, 0.3) is 0 Å². The average molecular weight is 279 g/mol. The van der Waals surface area contributed by atoms with Crippen molar-refractivity contribution in [2.24, 2.45) is 11.8 Å². The minimum atomic E-state index is -5.35. The molecule has 0 heterocycles. The van der Waals surface area contributed by atoms with Crippen LogP contribution in [0.2, 0.25) is 0 Å². The Bertz CT molecular complexity index is 363. The van der Waals surface area contributed by atoms with E-state index in [2.05, 4.69) is 0 Å². The molecule has 0 aromatic rings. The molecule has 0 saturated heterocycles. The van der Waals surface area contributed by atoms with Crippen LogP contribution in [-0.4, -0.2) is 35.4 Å². The maximum atomic E-state index is 12.3. The van der Waals surface area contributed by atoms with E-state index in [-0.39, 0.29) is 0 Å². The first kappa shape index (κ1) is 14.6. The first-order valence-electron chi connectivity index (χ1n) is 4.61. The standard InChI is InChI=1S/C8H7F6NO3/c9-7(10,11)3-1-2(5(16)17)4(3)15-6(18)8(12,13)14/h2-4H,1H2,(H,15,18)(H,16,17)/t2-,3+,4+/m1/s1. The summed E-state index contributed by atoms with van der Waals surface area (Å²) >= 11 is 0. The van der Waals surface area contributed by atoms with Gasteiger partial charge in [-0.1, -0.05) is 0 Å². The number of carboxylic acids is 1. The van der Waals surface area contributed by atoms with Crippen LogP contribution in [0.4, 0.5) is 26.3 Å². The fraction of sp³-hybridized carbons (Fsp3) is 0.750. The molecule has 2 N–H and O–H groups in total. The van der Waals surface area contributed by atoms with Crippen LogP contribution < -0.4 is 5.32 Å². The molecule has 0 aromatic heterocycles. The molecule has 0 radical (unpaired) electrons. The fourth-order valence-corrected chi connectivity index (χ4v) is 1.68. The minimum Gasteiger partial charge on any atom is -0.481 e. The summed E-state index contributed by atoms with van der Waals surface area (Å²) in [6.45, 7) is 0.